The zero-order valence-corrected chi connectivity index (χ0v) is 9.65. The number of nitrogens with two attached hydrogens (primary N) is 1. The van der Waals surface area contributed by atoms with Crippen LogP contribution in [0.3, 0.4) is 0 Å². The van der Waals surface area contributed by atoms with Crippen molar-refractivity contribution in [2.75, 3.05) is 0 Å². The molecule has 1 aromatic carbocycles. The molecule has 0 aromatic heterocycles. The molecule has 6 heteroatoms. The van der Waals surface area contributed by atoms with Gasteiger partial charge in [0, 0.05) is 18.0 Å². The molecule has 0 amide bonds. The molecule has 0 bridgehead atoms. The molecule has 1 unspecified atom stereocenters. The summed E-state index contributed by atoms with van der Waals surface area (Å²) in [6.45, 7) is 0. The SMILES string of the molecule is NC(CCCC(F)(F)F)c1cccc(Cl)c1F. The minimum absolute atomic E-state index is 0.0662. The molecule has 2 N–H and O–H groups in total. The average Bonchev–Trinajstić information content (AvgIpc) is 2.20. The lowest BCUT2D eigenvalue weighted by Crippen LogP contribution is -2.14. The van der Waals surface area contributed by atoms with Crippen LogP contribution < -0.4 is 5.73 Å². The molecule has 0 saturated heterocycles. The quantitative estimate of drug-likeness (QED) is 0.814. The molecular formula is C11H12ClF4N. The van der Waals surface area contributed by atoms with Crippen LogP contribution in [0, 0.1) is 5.82 Å². The highest BCUT2D eigenvalue weighted by Gasteiger charge is 2.26. The molecule has 17 heavy (non-hydrogen) atoms. The van der Waals surface area contributed by atoms with Gasteiger partial charge in [0.15, 0.2) is 0 Å². The highest BCUT2D eigenvalue weighted by molar-refractivity contribution is 6.30. The Balaban J connectivity index is 2.58. The smallest absolute Gasteiger partial charge is 0.324 e. The van der Waals surface area contributed by atoms with E-state index in [-0.39, 0.29) is 23.4 Å². The van der Waals surface area contributed by atoms with Gasteiger partial charge in [-0.1, -0.05) is 23.7 Å². The molecule has 1 nitrogen and oxygen atoms in total. The van der Waals surface area contributed by atoms with Gasteiger partial charge in [0.1, 0.15) is 5.82 Å². The predicted molar refractivity (Wildman–Crippen MR) is 58.2 cm³/mol. The van der Waals surface area contributed by atoms with Crippen LogP contribution in [-0.2, 0) is 0 Å². The minimum Gasteiger partial charge on any atom is -0.324 e. The van der Waals surface area contributed by atoms with Gasteiger partial charge < -0.3 is 5.73 Å². The second kappa shape index (κ2) is 5.69. The van der Waals surface area contributed by atoms with E-state index in [1.54, 1.807) is 0 Å². The maximum atomic E-state index is 13.5. The van der Waals surface area contributed by atoms with Gasteiger partial charge in [-0.15, -0.1) is 0 Å². The predicted octanol–water partition coefficient (Wildman–Crippen LogP) is 4.21. The zero-order chi connectivity index (χ0) is 13.1. The van der Waals surface area contributed by atoms with Gasteiger partial charge in [0.2, 0.25) is 0 Å². The average molecular weight is 270 g/mol. The molecule has 0 aliphatic carbocycles. The normalized spacial score (nSPS) is 13.8. The second-order valence-corrected chi connectivity index (χ2v) is 4.16. The molecule has 96 valence electrons. The maximum absolute atomic E-state index is 13.5. The fourth-order valence-electron chi connectivity index (χ4n) is 1.48. The number of halogens is 5. The van der Waals surface area contributed by atoms with Crippen molar-refractivity contribution in [1.82, 2.24) is 0 Å². The number of rotatable bonds is 4. The number of alkyl halides is 3. The van der Waals surface area contributed by atoms with Gasteiger partial charge in [-0.05, 0) is 18.9 Å². The van der Waals surface area contributed by atoms with Crippen molar-refractivity contribution in [2.45, 2.75) is 31.5 Å². The Hall–Kier alpha value is -0.810. The van der Waals surface area contributed by atoms with Gasteiger partial charge in [-0.2, -0.15) is 13.2 Å². The van der Waals surface area contributed by atoms with Gasteiger partial charge in [-0.3, -0.25) is 0 Å². The van der Waals surface area contributed by atoms with E-state index in [1.165, 1.54) is 18.2 Å². The van der Waals surface area contributed by atoms with E-state index < -0.39 is 24.5 Å². The fourth-order valence-corrected chi connectivity index (χ4v) is 1.67. The van der Waals surface area contributed by atoms with Crippen molar-refractivity contribution in [2.24, 2.45) is 5.73 Å². The fraction of sp³-hybridized carbons (Fsp3) is 0.455. The van der Waals surface area contributed by atoms with Crippen LogP contribution in [0.1, 0.15) is 30.9 Å². The van der Waals surface area contributed by atoms with E-state index in [2.05, 4.69) is 0 Å². The molecule has 0 aliphatic heterocycles. The van der Waals surface area contributed by atoms with Crippen LogP contribution in [0.4, 0.5) is 17.6 Å². The first-order valence-electron chi connectivity index (χ1n) is 5.07. The van der Waals surface area contributed by atoms with Crippen molar-refractivity contribution >= 4 is 11.6 Å². The molecule has 0 saturated carbocycles. The molecule has 1 atom stereocenters. The van der Waals surface area contributed by atoms with E-state index in [9.17, 15) is 17.6 Å². The second-order valence-electron chi connectivity index (χ2n) is 3.76. The zero-order valence-electron chi connectivity index (χ0n) is 8.90. The Labute approximate surface area is 102 Å². The van der Waals surface area contributed by atoms with E-state index >= 15 is 0 Å². The monoisotopic (exact) mass is 269 g/mol. The lowest BCUT2D eigenvalue weighted by atomic mass is 10.0. The Morgan fingerprint density at radius 1 is 1.29 bits per heavy atom. The Morgan fingerprint density at radius 2 is 1.94 bits per heavy atom. The number of benzene rings is 1. The van der Waals surface area contributed by atoms with E-state index in [4.69, 9.17) is 17.3 Å². The number of hydrogen-bond acceptors (Lipinski definition) is 1. The molecule has 0 fully saturated rings. The summed E-state index contributed by atoms with van der Waals surface area (Å²) in [6, 6.07) is 3.54. The molecule has 0 radical (unpaired) electrons. The minimum atomic E-state index is -4.20. The Morgan fingerprint density at radius 3 is 2.53 bits per heavy atom. The standard InChI is InChI=1S/C11H12ClF4N/c12-8-4-1-3-7(10(8)13)9(17)5-2-6-11(14,15)16/h1,3-4,9H,2,5-6,17H2. The first kappa shape index (κ1) is 14.3. The van der Waals surface area contributed by atoms with Gasteiger partial charge in [0.25, 0.3) is 0 Å². The summed E-state index contributed by atoms with van der Waals surface area (Å²) in [5.41, 5.74) is 5.78. The van der Waals surface area contributed by atoms with Crippen molar-refractivity contribution in [1.29, 1.82) is 0 Å². The Bertz CT molecular complexity index is 378. The molecule has 0 aliphatic rings. The summed E-state index contributed by atoms with van der Waals surface area (Å²) < 4.78 is 49.2. The lowest BCUT2D eigenvalue weighted by molar-refractivity contribution is -0.135. The van der Waals surface area contributed by atoms with Gasteiger partial charge in [-0.25, -0.2) is 4.39 Å². The maximum Gasteiger partial charge on any atom is 0.389 e. The molecular weight excluding hydrogens is 258 g/mol. The molecule has 1 rings (SSSR count). The third-order valence-electron chi connectivity index (χ3n) is 2.36. The van der Waals surface area contributed by atoms with Crippen LogP contribution in [0.2, 0.25) is 5.02 Å². The van der Waals surface area contributed by atoms with Crippen LogP contribution in [-0.4, -0.2) is 6.18 Å². The third kappa shape index (κ3) is 4.52. The summed E-state index contributed by atoms with van der Waals surface area (Å²) in [4.78, 5) is 0. The van der Waals surface area contributed by atoms with Crippen molar-refractivity contribution in [3.63, 3.8) is 0 Å². The highest BCUT2D eigenvalue weighted by atomic mass is 35.5. The van der Waals surface area contributed by atoms with Crippen LogP contribution in [0.25, 0.3) is 0 Å². The summed E-state index contributed by atoms with van der Waals surface area (Å²) in [5, 5.41) is -0.0752. The summed E-state index contributed by atoms with van der Waals surface area (Å²) in [7, 11) is 0. The molecule has 0 heterocycles. The third-order valence-corrected chi connectivity index (χ3v) is 2.65. The highest BCUT2D eigenvalue weighted by Crippen LogP contribution is 2.28. The first-order valence-corrected chi connectivity index (χ1v) is 5.45. The first-order chi connectivity index (χ1) is 7.81. The molecule has 1 aromatic rings. The topological polar surface area (TPSA) is 26.0 Å². The van der Waals surface area contributed by atoms with Crippen molar-refractivity contribution in [3.05, 3.63) is 34.6 Å². The molecule has 0 spiro atoms. The van der Waals surface area contributed by atoms with Crippen LogP contribution >= 0.6 is 11.6 Å². The summed E-state index contributed by atoms with van der Waals surface area (Å²) in [6.07, 6.45) is -5.18. The van der Waals surface area contributed by atoms with E-state index in [1.807, 2.05) is 0 Å². The van der Waals surface area contributed by atoms with E-state index in [0.717, 1.165) is 0 Å². The summed E-state index contributed by atoms with van der Waals surface area (Å²) >= 11 is 5.55. The van der Waals surface area contributed by atoms with Crippen molar-refractivity contribution in [3.8, 4) is 0 Å². The summed E-state index contributed by atoms with van der Waals surface area (Å²) in [5.74, 6) is -0.659. The van der Waals surface area contributed by atoms with Crippen molar-refractivity contribution < 1.29 is 17.6 Å². The van der Waals surface area contributed by atoms with Crippen LogP contribution in [0.15, 0.2) is 18.2 Å². The van der Waals surface area contributed by atoms with Gasteiger partial charge >= 0.3 is 6.18 Å². The van der Waals surface area contributed by atoms with E-state index in [0.29, 0.717) is 0 Å². The van der Waals surface area contributed by atoms with Crippen LogP contribution in [0.5, 0.6) is 0 Å². The van der Waals surface area contributed by atoms with Gasteiger partial charge in [0.05, 0.1) is 5.02 Å². The Kier molecular flexibility index (Phi) is 4.77. The number of hydrogen-bond donors (Lipinski definition) is 1. The lowest BCUT2D eigenvalue weighted by Gasteiger charge is -2.14. The largest absolute Gasteiger partial charge is 0.389 e.